The molecule has 0 amide bonds. The molecule has 1 atom stereocenters. The number of nitrogens with zero attached hydrogens (tertiary/aromatic N) is 1. The highest BCUT2D eigenvalue weighted by Gasteiger charge is 2.23. The fourth-order valence-electron chi connectivity index (χ4n) is 5.54. The van der Waals surface area contributed by atoms with Crippen molar-refractivity contribution >= 4 is 5.69 Å². The van der Waals surface area contributed by atoms with Gasteiger partial charge in [0, 0.05) is 36.9 Å². The third-order valence-electron chi connectivity index (χ3n) is 7.49. The van der Waals surface area contributed by atoms with Gasteiger partial charge in [-0.3, -0.25) is 4.90 Å². The van der Waals surface area contributed by atoms with Gasteiger partial charge in [0.1, 0.15) is 23.9 Å². The molecule has 3 aromatic carbocycles. The van der Waals surface area contributed by atoms with Gasteiger partial charge in [-0.1, -0.05) is 24.3 Å². The van der Waals surface area contributed by atoms with E-state index >= 15 is 0 Å². The lowest BCUT2D eigenvalue weighted by atomic mass is 9.79. The number of phenolic OH excluding ortho intramolecular Hbond substituents is 2. The first-order valence-electron chi connectivity index (χ1n) is 13.6. The Labute approximate surface area is 222 Å². The number of aryl methyl sites for hydroxylation is 1. The summed E-state index contributed by atoms with van der Waals surface area (Å²) in [5, 5.41) is 23.5. The summed E-state index contributed by atoms with van der Waals surface area (Å²) in [5.41, 5.74) is 6.05. The van der Waals surface area contributed by atoms with Crippen LogP contribution < -0.4 is 10.1 Å². The SMILES string of the molecule is CC(C)N(CCOc1ccc(CCNc2cc(O)ccc2C2CCc3cc(O)ccc3C2)cc1)C(C)C. The lowest BCUT2D eigenvalue weighted by Gasteiger charge is -2.30. The van der Waals surface area contributed by atoms with E-state index in [9.17, 15) is 10.2 Å². The van der Waals surface area contributed by atoms with Crippen LogP contribution in [0.25, 0.3) is 0 Å². The minimum atomic E-state index is 0.280. The van der Waals surface area contributed by atoms with E-state index in [1.54, 1.807) is 12.1 Å². The summed E-state index contributed by atoms with van der Waals surface area (Å²) in [6, 6.07) is 20.8. The van der Waals surface area contributed by atoms with E-state index in [4.69, 9.17) is 4.74 Å². The van der Waals surface area contributed by atoms with E-state index in [1.165, 1.54) is 22.3 Å². The van der Waals surface area contributed by atoms with Crippen LogP contribution in [-0.2, 0) is 19.3 Å². The quantitative estimate of drug-likeness (QED) is 0.278. The van der Waals surface area contributed by atoms with Gasteiger partial charge in [-0.15, -0.1) is 0 Å². The highest BCUT2D eigenvalue weighted by molar-refractivity contribution is 5.57. The Morgan fingerprint density at radius 3 is 2.32 bits per heavy atom. The average molecular weight is 503 g/mol. The molecular formula is C32H42N2O3. The van der Waals surface area contributed by atoms with Crippen molar-refractivity contribution in [2.45, 2.75) is 71.4 Å². The van der Waals surface area contributed by atoms with Crippen LogP contribution in [0.5, 0.6) is 17.2 Å². The van der Waals surface area contributed by atoms with Gasteiger partial charge in [0.2, 0.25) is 0 Å². The van der Waals surface area contributed by atoms with Gasteiger partial charge in [0.25, 0.3) is 0 Å². The van der Waals surface area contributed by atoms with E-state index in [1.807, 2.05) is 18.2 Å². The molecule has 0 saturated heterocycles. The van der Waals surface area contributed by atoms with Gasteiger partial charge in [-0.2, -0.15) is 0 Å². The van der Waals surface area contributed by atoms with Crippen LogP contribution in [0.4, 0.5) is 5.69 Å². The molecule has 0 saturated carbocycles. The topological polar surface area (TPSA) is 65.0 Å². The highest BCUT2D eigenvalue weighted by atomic mass is 16.5. The van der Waals surface area contributed by atoms with E-state index < -0.39 is 0 Å². The minimum absolute atomic E-state index is 0.280. The lowest BCUT2D eigenvalue weighted by molar-refractivity contribution is 0.142. The van der Waals surface area contributed by atoms with Crippen LogP contribution in [0, 0.1) is 0 Å². The maximum atomic E-state index is 10.2. The molecule has 0 radical (unpaired) electrons. The molecule has 1 aliphatic rings. The standard InChI is InChI=1S/C32H42N2O3/c1-22(2)34(23(3)4)17-18-37-30-12-5-24(6-13-30)15-16-33-32-21-29(36)11-14-31(32)27-8-7-26-20-28(35)10-9-25(26)19-27/h5-6,9-14,20-23,27,33,35-36H,7-8,15-19H2,1-4H3. The van der Waals surface area contributed by atoms with Gasteiger partial charge in [0.15, 0.2) is 0 Å². The predicted molar refractivity (Wildman–Crippen MR) is 152 cm³/mol. The van der Waals surface area contributed by atoms with E-state index in [2.05, 4.69) is 68.2 Å². The molecule has 37 heavy (non-hydrogen) atoms. The Hall–Kier alpha value is -3.18. The number of hydrogen-bond donors (Lipinski definition) is 3. The van der Waals surface area contributed by atoms with Crippen LogP contribution in [0.15, 0.2) is 60.7 Å². The van der Waals surface area contributed by atoms with Crippen molar-refractivity contribution in [1.82, 2.24) is 4.90 Å². The van der Waals surface area contributed by atoms with Crippen molar-refractivity contribution in [2.24, 2.45) is 0 Å². The number of anilines is 1. The van der Waals surface area contributed by atoms with Crippen LogP contribution in [0.2, 0.25) is 0 Å². The molecule has 1 unspecified atom stereocenters. The number of nitrogens with one attached hydrogen (secondary N) is 1. The van der Waals surface area contributed by atoms with Gasteiger partial charge >= 0.3 is 0 Å². The number of ether oxygens (including phenoxy) is 1. The molecule has 0 fully saturated rings. The molecular weight excluding hydrogens is 460 g/mol. The lowest BCUT2D eigenvalue weighted by Crippen LogP contribution is -2.39. The summed E-state index contributed by atoms with van der Waals surface area (Å²) in [7, 11) is 0. The summed E-state index contributed by atoms with van der Waals surface area (Å²) in [4.78, 5) is 2.44. The van der Waals surface area contributed by atoms with Crippen LogP contribution >= 0.6 is 0 Å². The van der Waals surface area contributed by atoms with Crippen LogP contribution in [0.1, 0.15) is 62.3 Å². The first-order valence-corrected chi connectivity index (χ1v) is 13.6. The first-order chi connectivity index (χ1) is 17.8. The third kappa shape index (κ3) is 7.20. The normalized spacial score (nSPS) is 15.3. The van der Waals surface area contributed by atoms with Crippen molar-refractivity contribution in [3.05, 3.63) is 82.9 Å². The van der Waals surface area contributed by atoms with Crippen molar-refractivity contribution in [3.63, 3.8) is 0 Å². The molecule has 0 aromatic heterocycles. The molecule has 3 aromatic rings. The van der Waals surface area contributed by atoms with E-state index in [-0.39, 0.29) is 5.75 Å². The molecule has 5 heteroatoms. The molecule has 0 spiro atoms. The molecule has 0 heterocycles. The zero-order valence-corrected chi connectivity index (χ0v) is 22.7. The predicted octanol–water partition coefficient (Wildman–Crippen LogP) is 6.52. The largest absolute Gasteiger partial charge is 0.508 e. The third-order valence-corrected chi connectivity index (χ3v) is 7.49. The van der Waals surface area contributed by atoms with Gasteiger partial charge < -0.3 is 20.3 Å². The number of fused-ring (bicyclic) bond motifs is 1. The van der Waals surface area contributed by atoms with Gasteiger partial charge in [-0.25, -0.2) is 0 Å². The molecule has 0 aliphatic heterocycles. The fourth-order valence-corrected chi connectivity index (χ4v) is 5.54. The second-order valence-corrected chi connectivity index (χ2v) is 10.8. The number of phenols is 2. The Morgan fingerprint density at radius 1 is 0.892 bits per heavy atom. The number of rotatable bonds is 11. The fraction of sp³-hybridized carbons (Fsp3) is 0.438. The summed E-state index contributed by atoms with van der Waals surface area (Å²) in [6.45, 7) is 11.3. The van der Waals surface area contributed by atoms with Crippen LogP contribution in [0.3, 0.4) is 0 Å². The summed E-state index contributed by atoms with van der Waals surface area (Å²) in [6.07, 6.45) is 3.82. The molecule has 1 aliphatic carbocycles. The second-order valence-electron chi connectivity index (χ2n) is 10.8. The molecule has 3 N–H and O–H groups in total. The number of benzene rings is 3. The van der Waals surface area contributed by atoms with Crippen molar-refractivity contribution in [2.75, 3.05) is 25.0 Å². The summed E-state index contributed by atoms with van der Waals surface area (Å²) < 4.78 is 5.99. The Kier molecular flexibility index (Phi) is 8.99. The molecule has 0 bridgehead atoms. The monoisotopic (exact) mass is 502 g/mol. The second kappa shape index (κ2) is 12.4. The van der Waals surface area contributed by atoms with Crippen molar-refractivity contribution in [3.8, 4) is 17.2 Å². The maximum Gasteiger partial charge on any atom is 0.119 e. The Morgan fingerprint density at radius 2 is 1.59 bits per heavy atom. The Balaban J connectivity index is 1.31. The van der Waals surface area contributed by atoms with Crippen LogP contribution in [-0.4, -0.2) is 46.9 Å². The number of aromatic hydroxyl groups is 2. The van der Waals surface area contributed by atoms with E-state index in [0.29, 0.717) is 30.4 Å². The van der Waals surface area contributed by atoms with Gasteiger partial charge in [0.05, 0.1) is 0 Å². The maximum absolute atomic E-state index is 10.2. The van der Waals surface area contributed by atoms with Crippen molar-refractivity contribution in [1.29, 1.82) is 0 Å². The first kappa shape index (κ1) is 26.9. The highest BCUT2D eigenvalue weighted by Crippen LogP contribution is 2.38. The smallest absolute Gasteiger partial charge is 0.119 e. The molecule has 5 nitrogen and oxygen atoms in total. The zero-order valence-electron chi connectivity index (χ0n) is 22.7. The zero-order chi connectivity index (χ0) is 26.4. The van der Waals surface area contributed by atoms with E-state index in [0.717, 1.165) is 50.2 Å². The molecule has 4 rings (SSSR count). The van der Waals surface area contributed by atoms with Gasteiger partial charge in [-0.05, 0) is 112 Å². The minimum Gasteiger partial charge on any atom is -0.508 e. The van der Waals surface area contributed by atoms with Crippen molar-refractivity contribution < 1.29 is 14.9 Å². The molecule has 198 valence electrons. The summed E-state index contributed by atoms with van der Waals surface area (Å²) >= 11 is 0. The average Bonchev–Trinajstić information content (AvgIpc) is 2.87. The summed E-state index contributed by atoms with van der Waals surface area (Å²) in [5.74, 6) is 1.92. The number of hydrogen-bond acceptors (Lipinski definition) is 5. The Bertz CT molecular complexity index is 1150.